The van der Waals surface area contributed by atoms with E-state index in [0.29, 0.717) is 0 Å². The van der Waals surface area contributed by atoms with E-state index in [0.717, 1.165) is 23.1 Å². The topological polar surface area (TPSA) is 52.0 Å². The summed E-state index contributed by atoms with van der Waals surface area (Å²) in [4.78, 5) is 4.35. The van der Waals surface area contributed by atoms with Gasteiger partial charge in [-0.15, -0.1) is 0 Å². The van der Waals surface area contributed by atoms with Crippen LogP contribution in [0.5, 0.6) is 5.75 Å². The minimum absolute atomic E-state index is 0.119. The summed E-state index contributed by atoms with van der Waals surface area (Å²) in [7, 11) is 1.67. The van der Waals surface area contributed by atoms with Gasteiger partial charge in [-0.25, -0.2) is 4.68 Å². The van der Waals surface area contributed by atoms with Crippen molar-refractivity contribution in [2.24, 2.45) is 0 Å². The third-order valence-electron chi connectivity index (χ3n) is 4.40. The highest BCUT2D eigenvalue weighted by molar-refractivity contribution is 6.30. The van der Waals surface area contributed by atoms with Crippen LogP contribution in [0, 0.1) is 0 Å². The summed E-state index contributed by atoms with van der Waals surface area (Å²) in [5, 5.41) is 8.58. The van der Waals surface area contributed by atoms with E-state index in [1.54, 1.807) is 13.4 Å². The molecule has 3 aromatic rings. The van der Waals surface area contributed by atoms with E-state index in [1.165, 1.54) is 11.1 Å². The zero-order valence-corrected chi connectivity index (χ0v) is 13.9. The number of rotatable bonds is 3. The predicted molar refractivity (Wildman–Crippen MR) is 93.6 cm³/mol. The Morgan fingerprint density at radius 1 is 1.08 bits per heavy atom. The molecule has 1 N–H and O–H groups in total. The lowest BCUT2D eigenvalue weighted by Gasteiger charge is -2.31. The van der Waals surface area contributed by atoms with Crippen molar-refractivity contribution in [2.75, 3.05) is 12.4 Å². The number of hydrogen-bond donors (Lipinski definition) is 1. The SMILES string of the molecule is COc1ccc([C@@H]2C[C@@H](c3ccc(Cl)cc3)n3ncnc3N2)cc1. The molecular weight excluding hydrogens is 324 g/mol. The first-order chi connectivity index (χ1) is 11.7. The van der Waals surface area contributed by atoms with Crippen LogP contribution < -0.4 is 10.1 Å². The Bertz CT molecular complexity index is 829. The fourth-order valence-corrected chi connectivity index (χ4v) is 3.26. The van der Waals surface area contributed by atoms with Gasteiger partial charge in [0.15, 0.2) is 0 Å². The lowest BCUT2D eigenvalue weighted by atomic mass is 9.93. The summed E-state index contributed by atoms with van der Waals surface area (Å²) in [5.41, 5.74) is 2.37. The summed E-state index contributed by atoms with van der Waals surface area (Å²) in [5.74, 6) is 1.63. The van der Waals surface area contributed by atoms with Crippen LogP contribution in [0.15, 0.2) is 54.9 Å². The standard InChI is InChI=1S/C18H17ClN4O/c1-24-15-8-4-12(5-9-15)16-10-17(13-2-6-14(19)7-3-13)23-18(22-16)20-11-21-23/h2-9,11,16-17H,10H2,1H3,(H,20,21,22)/t16-,17-/m0/s1. The summed E-state index contributed by atoms with van der Waals surface area (Å²) in [6.07, 6.45) is 2.46. The lowest BCUT2D eigenvalue weighted by Crippen LogP contribution is -2.28. The van der Waals surface area contributed by atoms with Crippen molar-refractivity contribution in [3.8, 4) is 5.75 Å². The van der Waals surface area contributed by atoms with E-state index < -0.39 is 0 Å². The number of aromatic nitrogens is 3. The first kappa shape index (κ1) is 15.0. The second kappa shape index (κ2) is 6.17. The van der Waals surface area contributed by atoms with Gasteiger partial charge in [-0.2, -0.15) is 10.1 Å². The van der Waals surface area contributed by atoms with Crippen LogP contribution in [0.1, 0.15) is 29.6 Å². The van der Waals surface area contributed by atoms with E-state index in [9.17, 15) is 0 Å². The number of halogens is 1. The highest BCUT2D eigenvalue weighted by Gasteiger charge is 2.29. The number of fused-ring (bicyclic) bond motifs is 1. The van der Waals surface area contributed by atoms with Crippen molar-refractivity contribution < 1.29 is 4.74 Å². The number of ether oxygens (including phenoxy) is 1. The number of hydrogen-bond acceptors (Lipinski definition) is 4. The van der Waals surface area contributed by atoms with Crippen molar-refractivity contribution in [2.45, 2.75) is 18.5 Å². The molecule has 2 atom stereocenters. The molecule has 6 heteroatoms. The van der Waals surface area contributed by atoms with E-state index in [1.807, 2.05) is 28.9 Å². The van der Waals surface area contributed by atoms with Crippen molar-refractivity contribution in [1.29, 1.82) is 0 Å². The maximum Gasteiger partial charge on any atom is 0.222 e. The van der Waals surface area contributed by atoms with Crippen LogP contribution in [0.2, 0.25) is 5.02 Å². The number of nitrogens with zero attached hydrogens (tertiary/aromatic N) is 3. The quantitative estimate of drug-likeness (QED) is 0.780. The normalized spacial score (nSPS) is 19.4. The summed E-state index contributed by atoms with van der Waals surface area (Å²) in [6, 6.07) is 16.3. The smallest absolute Gasteiger partial charge is 0.222 e. The average molecular weight is 341 g/mol. The van der Waals surface area contributed by atoms with Gasteiger partial charge in [0.25, 0.3) is 0 Å². The molecule has 122 valence electrons. The molecule has 4 rings (SSSR count). The zero-order valence-electron chi connectivity index (χ0n) is 13.2. The van der Waals surface area contributed by atoms with Crippen molar-refractivity contribution >= 4 is 17.5 Å². The maximum absolute atomic E-state index is 6.02. The van der Waals surface area contributed by atoms with Crippen LogP contribution in [0.3, 0.4) is 0 Å². The molecule has 0 fully saturated rings. The highest BCUT2D eigenvalue weighted by atomic mass is 35.5. The van der Waals surface area contributed by atoms with Gasteiger partial charge in [-0.3, -0.25) is 0 Å². The fraction of sp³-hybridized carbons (Fsp3) is 0.222. The molecule has 1 aliphatic rings. The first-order valence-electron chi connectivity index (χ1n) is 7.80. The van der Waals surface area contributed by atoms with E-state index in [2.05, 4.69) is 39.7 Å². The van der Waals surface area contributed by atoms with Crippen LogP contribution >= 0.6 is 11.6 Å². The third kappa shape index (κ3) is 2.71. The molecule has 5 nitrogen and oxygen atoms in total. The van der Waals surface area contributed by atoms with Gasteiger partial charge in [0.1, 0.15) is 12.1 Å². The number of benzene rings is 2. The summed E-state index contributed by atoms with van der Waals surface area (Å²) < 4.78 is 7.18. The van der Waals surface area contributed by atoms with Gasteiger partial charge < -0.3 is 10.1 Å². The van der Waals surface area contributed by atoms with Crippen molar-refractivity contribution in [1.82, 2.24) is 14.8 Å². The monoisotopic (exact) mass is 340 g/mol. The zero-order chi connectivity index (χ0) is 16.5. The number of methoxy groups -OCH3 is 1. The average Bonchev–Trinajstić information content (AvgIpc) is 3.10. The number of anilines is 1. The van der Waals surface area contributed by atoms with E-state index in [-0.39, 0.29) is 12.1 Å². The summed E-state index contributed by atoms with van der Waals surface area (Å²) in [6.45, 7) is 0. The molecule has 0 radical (unpaired) electrons. The van der Waals surface area contributed by atoms with Crippen LogP contribution in [0.4, 0.5) is 5.95 Å². The maximum atomic E-state index is 6.02. The van der Waals surface area contributed by atoms with Gasteiger partial charge in [0.2, 0.25) is 5.95 Å². The van der Waals surface area contributed by atoms with Crippen LogP contribution in [0.25, 0.3) is 0 Å². The highest BCUT2D eigenvalue weighted by Crippen LogP contribution is 2.37. The van der Waals surface area contributed by atoms with Gasteiger partial charge in [0.05, 0.1) is 19.2 Å². The van der Waals surface area contributed by atoms with Gasteiger partial charge in [-0.1, -0.05) is 35.9 Å². The lowest BCUT2D eigenvalue weighted by molar-refractivity contribution is 0.413. The minimum atomic E-state index is 0.119. The Kier molecular flexibility index (Phi) is 3.86. The molecule has 0 amide bonds. The third-order valence-corrected chi connectivity index (χ3v) is 4.66. The Hall–Kier alpha value is -2.53. The van der Waals surface area contributed by atoms with Gasteiger partial charge >= 0.3 is 0 Å². The Morgan fingerprint density at radius 3 is 2.50 bits per heavy atom. The molecule has 0 saturated carbocycles. The predicted octanol–water partition coefficient (Wildman–Crippen LogP) is 4.09. The Morgan fingerprint density at radius 2 is 1.79 bits per heavy atom. The van der Waals surface area contributed by atoms with E-state index in [4.69, 9.17) is 16.3 Å². The van der Waals surface area contributed by atoms with Gasteiger partial charge in [0, 0.05) is 5.02 Å². The first-order valence-corrected chi connectivity index (χ1v) is 8.18. The molecule has 2 heterocycles. The van der Waals surface area contributed by atoms with Crippen molar-refractivity contribution in [3.63, 3.8) is 0 Å². The second-order valence-corrected chi connectivity index (χ2v) is 6.24. The molecule has 0 spiro atoms. The van der Waals surface area contributed by atoms with Crippen molar-refractivity contribution in [3.05, 3.63) is 71.0 Å². The molecule has 0 aliphatic carbocycles. The molecule has 0 unspecified atom stereocenters. The van der Waals surface area contributed by atoms with E-state index >= 15 is 0 Å². The van der Waals surface area contributed by atoms with Crippen LogP contribution in [-0.2, 0) is 0 Å². The van der Waals surface area contributed by atoms with Gasteiger partial charge in [-0.05, 0) is 41.8 Å². The molecular formula is C18H17ClN4O. The Labute approximate surface area is 145 Å². The number of nitrogens with one attached hydrogen (secondary N) is 1. The molecule has 0 saturated heterocycles. The molecule has 2 aromatic carbocycles. The molecule has 24 heavy (non-hydrogen) atoms. The molecule has 1 aliphatic heterocycles. The minimum Gasteiger partial charge on any atom is -0.497 e. The molecule has 0 bridgehead atoms. The largest absolute Gasteiger partial charge is 0.497 e. The Balaban J connectivity index is 1.68. The molecule has 1 aromatic heterocycles. The second-order valence-electron chi connectivity index (χ2n) is 5.80. The fourth-order valence-electron chi connectivity index (χ4n) is 3.14. The van der Waals surface area contributed by atoms with Crippen LogP contribution in [-0.4, -0.2) is 21.9 Å². The summed E-state index contributed by atoms with van der Waals surface area (Å²) >= 11 is 6.02.